The van der Waals surface area contributed by atoms with E-state index in [1.54, 1.807) is 0 Å². The Balaban J connectivity index is 1.80. The molecule has 27 heavy (non-hydrogen) atoms. The summed E-state index contributed by atoms with van der Waals surface area (Å²) in [7, 11) is 1.98. The maximum absolute atomic E-state index is 12.2. The molecule has 0 aliphatic heterocycles. The van der Waals surface area contributed by atoms with Gasteiger partial charge >= 0.3 is 0 Å². The quantitative estimate of drug-likeness (QED) is 0.696. The Morgan fingerprint density at radius 1 is 0.926 bits per heavy atom. The number of carbonyl (C=O) groups is 2. The summed E-state index contributed by atoms with van der Waals surface area (Å²) in [6, 6.07) is 12.2. The van der Waals surface area contributed by atoms with Gasteiger partial charge in [-0.05, 0) is 44.4 Å². The predicted molar refractivity (Wildman–Crippen MR) is 109 cm³/mol. The lowest BCUT2D eigenvalue weighted by Crippen LogP contribution is -3.09. The van der Waals surface area contributed by atoms with Crippen molar-refractivity contribution >= 4 is 17.5 Å². The van der Waals surface area contributed by atoms with Crippen molar-refractivity contribution in [2.45, 2.75) is 34.2 Å². The molecule has 2 aromatic rings. The van der Waals surface area contributed by atoms with E-state index in [4.69, 9.17) is 0 Å². The first kappa shape index (κ1) is 20.6. The molecule has 5 nitrogen and oxygen atoms in total. The SMILES string of the molecule is Cc1ccc(C[NH+](C)CC(=O)NCC(=O)Nc2c(C)cccc2C)c(C)c1. The Bertz CT molecular complexity index is 810. The van der Waals surface area contributed by atoms with E-state index in [1.165, 1.54) is 16.7 Å². The molecule has 2 aromatic carbocycles. The minimum absolute atomic E-state index is 0.0244. The largest absolute Gasteiger partial charge is 0.342 e. The third kappa shape index (κ3) is 6.22. The number of benzene rings is 2. The number of carbonyl (C=O) groups excluding carboxylic acids is 2. The highest BCUT2D eigenvalue weighted by Crippen LogP contribution is 2.18. The maximum Gasteiger partial charge on any atom is 0.275 e. The smallest absolute Gasteiger partial charge is 0.275 e. The summed E-state index contributed by atoms with van der Waals surface area (Å²) < 4.78 is 0. The number of nitrogens with one attached hydrogen (secondary N) is 3. The molecule has 0 aliphatic rings. The molecule has 3 N–H and O–H groups in total. The first-order valence-electron chi connectivity index (χ1n) is 9.26. The van der Waals surface area contributed by atoms with Crippen LogP contribution in [0, 0.1) is 27.7 Å². The molecule has 144 valence electrons. The monoisotopic (exact) mass is 368 g/mol. The molecule has 0 bridgehead atoms. The van der Waals surface area contributed by atoms with Crippen LogP contribution in [0.5, 0.6) is 0 Å². The zero-order valence-electron chi connectivity index (χ0n) is 16.9. The first-order valence-corrected chi connectivity index (χ1v) is 9.26. The third-order valence-corrected chi connectivity index (χ3v) is 4.64. The lowest BCUT2D eigenvalue weighted by atomic mass is 10.1. The van der Waals surface area contributed by atoms with E-state index in [9.17, 15) is 9.59 Å². The summed E-state index contributed by atoms with van der Waals surface area (Å²) in [5.74, 6) is -0.346. The fraction of sp³-hybridized carbons (Fsp3) is 0.364. The summed E-state index contributed by atoms with van der Waals surface area (Å²) in [5, 5.41) is 5.59. The van der Waals surface area contributed by atoms with E-state index in [0.29, 0.717) is 6.54 Å². The van der Waals surface area contributed by atoms with Crippen molar-refractivity contribution in [3.8, 4) is 0 Å². The number of amides is 2. The average molecular weight is 369 g/mol. The van der Waals surface area contributed by atoms with Crippen molar-refractivity contribution in [1.29, 1.82) is 0 Å². The van der Waals surface area contributed by atoms with Crippen LogP contribution in [0.3, 0.4) is 0 Å². The van der Waals surface area contributed by atoms with Crippen LogP contribution in [0.25, 0.3) is 0 Å². The number of likely N-dealkylation sites (N-methyl/N-ethyl adjacent to an activating group) is 1. The number of anilines is 1. The molecule has 0 saturated carbocycles. The second-order valence-electron chi connectivity index (χ2n) is 7.33. The highest BCUT2D eigenvalue weighted by Gasteiger charge is 2.14. The van der Waals surface area contributed by atoms with Gasteiger partial charge in [0, 0.05) is 11.3 Å². The summed E-state index contributed by atoms with van der Waals surface area (Å²) in [6.45, 7) is 9.14. The Kier molecular flexibility index (Phi) is 7.13. The molecule has 1 atom stereocenters. The van der Waals surface area contributed by atoms with E-state index in [2.05, 4.69) is 42.7 Å². The van der Waals surface area contributed by atoms with Gasteiger partial charge in [-0.25, -0.2) is 0 Å². The molecule has 5 heteroatoms. The summed E-state index contributed by atoms with van der Waals surface area (Å²) >= 11 is 0. The van der Waals surface area contributed by atoms with Gasteiger partial charge in [0.2, 0.25) is 5.91 Å². The van der Waals surface area contributed by atoms with E-state index in [0.717, 1.165) is 28.3 Å². The molecular formula is C22H30N3O2+. The normalized spacial score (nSPS) is 11.7. The molecule has 2 amide bonds. The summed E-state index contributed by atoms with van der Waals surface area (Å²) in [5.41, 5.74) is 6.54. The number of aryl methyl sites for hydroxylation is 4. The summed E-state index contributed by atoms with van der Waals surface area (Å²) in [6.07, 6.45) is 0. The van der Waals surface area contributed by atoms with Crippen molar-refractivity contribution < 1.29 is 14.5 Å². The van der Waals surface area contributed by atoms with E-state index in [-0.39, 0.29) is 18.4 Å². The van der Waals surface area contributed by atoms with Crippen LogP contribution in [0.1, 0.15) is 27.8 Å². The molecule has 2 rings (SSSR count). The van der Waals surface area contributed by atoms with Crippen LogP contribution < -0.4 is 15.5 Å². The molecule has 0 aliphatic carbocycles. The molecule has 0 radical (unpaired) electrons. The second kappa shape index (κ2) is 9.33. The predicted octanol–water partition coefficient (Wildman–Crippen LogP) is 1.69. The van der Waals surface area contributed by atoms with Gasteiger partial charge in [-0.3, -0.25) is 9.59 Å². The Hall–Kier alpha value is -2.66. The van der Waals surface area contributed by atoms with Gasteiger partial charge in [0.25, 0.3) is 5.91 Å². The molecule has 0 spiro atoms. The molecule has 0 saturated heterocycles. The Morgan fingerprint density at radius 3 is 2.22 bits per heavy atom. The second-order valence-corrected chi connectivity index (χ2v) is 7.33. The number of hydrogen-bond acceptors (Lipinski definition) is 2. The molecular weight excluding hydrogens is 338 g/mol. The van der Waals surface area contributed by atoms with Crippen LogP contribution in [0.4, 0.5) is 5.69 Å². The zero-order valence-corrected chi connectivity index (χ0v) is 16.9. The van der Waals surface area contributed by atoms with Gasteiger partial charge in [0.15, 0.2) is 6.54 Å². The fourth-order valence-corrected chi connectivity index (χ4v) is 3.14. The lowest BCUT2D eigenvalue weighted by molar-refractivity contribution is -0.885. The van der Waals surface area contributed by atoms with Crippen molar-refractivity contribution in [1.82, 2.24) is 5.32 Å². The van der Waals surface area contributed by atoms with E-state index >= 15 is 0 Å². The molecule has 0 heterocycles. The number of quaternary nitrogens is 1. The molecule has 0 aromatic heterocycles. The Labute approximate surface area is 161 Å². The Morgan fingerprint density at radius 2 is 1.59 bits per heavy atom. The van der Waals surface area contributed by atoms with Crippen LogP contribution >= 0.6 is 0 Å². The van der Waals surface area contributed by atoms with Gasteiger partial charge in [-0.1, -0.05) is 42.0 Å². The first-order chi connectivity index (χ1) is 12.8. The van der Waals surface area contributed by atoms with Crippen molar-refractivity contribution in [3.05, 3.63) is 64.2 Å². The maximum atomic E-state index is 12.2. The minimum atomic E-state index is -0.215. The fourth-order valence-electron chi connectivity index (χ4n) is 3.14. The highest BCUT2D eigenvalue weighted by molar-refractivity contribution is 5.95. The van der Waals surface area contributed by atoms with Crippen LogP contribution in [0.2, 0.25) is 0 Å². The highest BCUT2D eigenvalue weighted by atomic mass is 16.2. The summed E-state index contributed by atoms with van der Waals surface area (Å²) in [4.78, 5) is 25.4. The van der Waals surface area contributed by atoms with Crippen LogP contribution in [0.15, 0.2) is 36.4 Å². The number of para-hydroxylation sites is 1. The van der Waals surface area contributed by atoms with Gasteiger partial charge in [-0.2, -0.15) is 0 Å². The lowest BCUT2D eigenvalue weighted by Gasteiger charge is -2.16. The number of hydrogen-bond donors (Lipinski definition) is 3. The molecule has 1 unspecified atom stereocenters. The van der Waals surface area contributed by atoms with Crippen molar-refractivity contribution in [3.63, 3.8) is 0 Å². The van der Waals surface area contributed by atoms with Gasteiger partial charge in [-0.15, -0.1) is 0 Å². The van der Waals surface area contributed by atoms with E-state index < -0.39 is 0 Å². The van der Waals surface area contributed by atoms with Crippen molar-refractivity contribution in [2.24, 2.45) is 0 Å². The van der Waals surface area contributed by atoms with E-state index in [1.807, 2.05) is 39.1 Å². The average Bonchev–Trinajstić information content (AvgIpc) is 2.59. The third-order valence-electron chi connectivity index (χ3n) is 4.64. The molecule has 0 fully saturated rings. The number of rotatable bonds is 7. The van der Waals surface area contributed by atoms with Gasteiger partial charge in [0.05, 0.1) is 13.6 Å². The standard InChI is InChI=1S/C22H29N3O2/c1-15-9-10-19(18(4)11-15)13-25(5)14-21(27)23-12-20(26)24-22-16(2)7-6-8-17(22)3/h6-11H,12-14H2,1-5H3,(H,23,27)(H,24,26)/p+1. The van der Waals surface area contributed by atoms with Gasteiger partial charge < -0.3 is 15.5 Å². The minimum Gasteiger partial charge on any atom is -0.342 e. The van der Waals surface area contributed by atoms with Crippen LogP contribution in [-0.4, -0.2) is 32.0 Å². The van der Waals surface area contributed by atoms with Crippen molar-refractivity contribution in [2.75, 3.05) is 25.5 Å². The topological polar surface area (TPSA) is 62.6 Å². The van der Waals surface area contributed by atoms with Gasteiger partial charge in [0.1, 0.15) is 6.54 Å². The zero-order chi connectivity index (χ0) is 20.0. The van der Waals surface area contributed by atoms with Crippen LogP contribution in [-0.2, 0) is 16.1 Å².